The largest absolute Gasteiger partial charge is 0.360 e. The van der Waals surface area contributed by atoms with Gasteiger partial charge in [-0.05, 0) is 79.2 Å². The quantitative estimate of drug-likeness (QED) is 0.333. The van der Waals surface area contributed by atoms with Crippen molar-refractivity contribution >= 4 is 16.8 Å². The zero-order chi connectivity index (χ0) is 27.3. The molecule has 4 unspecified atom stereocenters. The van der Waals surface area contributed by atoms with Gasteiger partial charge < -0.3 is 9.80 Å². The fourth-order valence-electron chi connectivity index (χ4n) is 8.44. The third-order valence-corrected chi connectivity index (χ3v) is 10.2. The van der Waals surface area contributed by atoms with Crippen molar-refractivity contribution < 1.29 is 0 Å². The summed E-state index contributed by atoms with van der Waals surface area (Å²) in [7, 11) is 0. The van der Waals surface area contributed by atoms with Crippen molar-refractivity contribution in [3.05, 3.63) is 147 Å². The third-order valence-electron chi connectivity index (χ3n) is 10.2. The van der Waals surface area contributed by atoms with Gasteiger partial charge in [0.2, 0.25) is 0 Å². The number of nitrogens with zero attached hydrogens (tertiary/aromatic N) is 2. The second-order valence-electron chi connectivity index (χ2n) is 12.6. The summed E-state index contributed by atoms with van der Waals surface area (Å²) in [6, 6.07) is 25.1. The molecule has 3 aromatic carbocycles. The van der Waals surface area contributed by atoms with E-state index in [1.165, 1.54) is 66.9 Å². The van der Waals surface area contributed by atoms with Crippen LogP contribution in [0.3, 0.4) is 0 Å². The highest BCUT2D eigenvalue weighted by Gasteiger charge is 2.70. The number of benzene rings is 3. The first-order valence-electron chi connectivity index (χ1n) is 14.7. The second kappa shape index (κ2) is 8.24. The highest BCUT2D eigenvalue weighted by atomic mass is 15.3. The molecule has 0 bridgehead atoms. The predicted octanol–water partition coefficient (Wildman–Crippen LogP) is 8.79. The Morgan fingerprint density at radius 1 is 0.825 bits per heavy atom. The van der Waals surface area contributed by atoms with Crippen LogP contribution in [0.25, 0.3) is 16.8 Å². The summed E-state index contributed by atoms with van der Waals surface area (Å²) in [6.07, 6.45) is 12.1. The van der Waals surface area contributed by atoms with Gasteiger partial charge in [-0.2, -0.15) is 0 Å². The lowest BCUT2D eigenvalue weighted by Gasteiger charge is -2.42. The first-order valence-corrected chi connectivity index (χ1v) is 14.7. The molecule has 1 saturated carbocycles. The topological polar surface area (TPSA) is 6.48 Å². The molecule has 0 aromatic heterocycles. The Morgan fingerprint density at radius 3 is 2.42 bits per heavy atom. The van der Waals surface area contributed by atoms with E-state index < -0.39 is 0 Å². The number of rotatable bonds is 2. The van der Waals surface area contributed by atoms with E-state index >= 15 is 0 Å². The van der Waals surface area contributed by atoms with Crippen molar-refractivity contribution in [3.8, 4) is 0 Å². The lowest BCUT2D eigenvalue weighted by Crippen LogP contribution is -2.41. The highest BCUT2D eigenvalue weighted by Crippen LogP contribution is 2.71. The number of fused-ring (bicyclic) bond motifs is 9. The molecule has 4 aliphatic heterocycles. The molecule has 4 atom stereocenters. The van der Waals surface area contributed by atoms with Crippen LogP contribution in [-0.2, 0) is 0 Å². The van der Waals surface area contributed by atoms with Gasteiger partial charge in [-0.25, -0.2) is 0 Å². The predicted molar refractivity (Wildman–Crippen MR) is 166 cm³/mol. The van der Waals surface area contributed by atoms with E-state index in [2.05, 4.69) is 142 Å². The van der Waals surface area contributed by atoms with Gasteiger partial charge in [0.15, 0.2) is 0 Å². The fourth-order valence-corrected chi connectivity index (χ4v) is 8.44. The lowest BCUT2D eigenvalue weighted by atomic mass is 9.81. The zero-order valence-electron chi connectivity index (χ0n) is 24.1. The van der Waals surface area contributed by atoms with Crippen LogP contribution in [0.2, 0.25) is 0 Å². The maximum absolute atomic E-state index is 2.72. The third kappa shape index (κ3) is 3.11. The Kier molecular flexibility index (Phi) is 4.90. The normalized spacial score (nSPS) is 27.5. The molecule has 4 heterocycles. The second-order valence-corrected chi connectivity index (χ2v) is 12.6. The van der Waals surface area contributed by atoms with E-state index in [0.29, 0.717) is 11.8 Å². The maximum atomic E-state index is 2.72. The zero-order valence-corrected chi connectivity index (χ0v) is 24.1. The standard InChI is InChI=1S/C38H36N2/c1-23-18-26(4)34-30(19-23)33-20-25(3)31(27-13-7-6-8-14-27)21-39(33)22-32(34)36-35-28-15-9-10-16-29(28)37-24(2)12-11-17-40(37)38(35,36)5/h6-16,18-22,33,35-36H,17H2,1-5H3. The van der Waals surface area contributed by atoms with Crippen LogP contribution in [0.4, 0.5) is 0 Å². The van der Waals surface area contributed by atoms with Crippen molar-refractivity contribution in [2.75, 3.05) is 6.54 Å². The average molecular weight is 521 g/mol. The molecule has 0 saturated heterocycles. The van der Waals surface area contributed by atoms with Crippen LogP contribution >= 0.6 is 0 Å². The Bertz CT molecular complexity index is 1750. The maximum Gasteiger partial charge on any atom is 0.0776 e. The van der Waals surface area contributed by atoms with E-state index in [4.69, 9.17) is 0 Å². The van der Waals surface area contributed by atoms with Gasteiger partial charge in [0.1, 0.15) is 0 Å². The van der Waals surface area contributed by atoms with Gasteiger partial charge in [0.25, 0.3) is 0 Å². The smallest absolute Gasteiger partial charge is 0.0776 e. The molecule has 2 heteroatoms. The summed E-state index contributed by atoms with van der Waals surface area (Å²) in [5, 5.41) is 0. The molecule has 1 fully saturated rings. The molecular weight excluding hydrogens is 484 g/mol. The van der Waals surface area contributed by atoms with Crippen LogP contribution in [0.1, 0.15) is 71.7 Å². The van der Waals surface area contributed by atoms with Gasteiger partial charge in [0.05, 0.1) is 11.6 Å². The number of hydrogen-bond donors (Lipinski definition) is 0. The van der Waals surface area contributed by atoms with Crippen LogP contribution in [0, 0.1) is 19.8 Å². The minimum atomic E-state index is 0.0521. The molecule has 1 aliphatic carbocycles. The van der Waals surface area contributed by atoms with Crippen LogP contribution in [0.5, 0.6) is 0 Å². The van der Waals surface area contributed by atoms with E-state index in [-0.39, 0.29) is 11.6 Å². The van der Waals surface area contributed by atoms with Crippen LogP contribution in [0.15, 0.2) is 109 Å². The minimum absolute atomic E-state index is 0.0521. The summed E-state index contributed by atoms with van der Waals surface area (Å²) in [5.74, 6) is 0.898. The fraction of sp³-hybridized carbons (Fsp3) is 0.263. The van der Waals surface area contributed by atoms with Crippen molar-refractivity contribution in [1.82, 2.24) is 9.80 Å². The lowest BCUT2D eigenvalue weighted by molar-refractivity contribution is 0.290. The average Bonchev–Trinajstić information content (AvgIpc) is 3.60. The van der Waals surface area contributed by atoms with E-state index in [1.54, 1.807) is 0 Å². The SMILES string of the molecule is CC1=CC2c3cc(C)cc(C)c3C(C3C4c5ccccc5C5=C(C)C=CCN5C34C)=CN2C=C1c1ccccc1. The summed E-state index contributed by atoms with van der Waals surface area (Å²) >= 11 is 0. The van der Waals surface area contributed by atoms with Crippen LogP contribution < -0.4 is 0 Å². The summed E-state index contributed by atoms with van der Waals surface area (Å²) < 4.78 is 0. The first kappa shape index (κ1) is 23.8. The van der Waals surface area contributed by atoms with Crippen molar-refractivity contribution in [2.45, 2.75) is 52.1 Å². The number of allylic oxidation sites excluding steroid dienone is 4. The molecule has 8 rings (SSSR count). The Morgan fingerprint density at radius 2 is 1.60 bits per heavy atom. The van der Waals surface area contributed by atoms with Crippen molar-refractivity contribution in [2.24, 2.45) is 5.92 Å². The monoisotopic (exact) mass is 520 g/mol. The van der Waals surface area contributed by atoms with Gasteiger partial charge in [0, 0.05) is 47.6 Å². The van der Waals surface area contributed by atoms with Gasteiger partial charge in [-0.1, -0.05) is 90.5 Å². The van der Waals surface area contributed by atoms with E-state index in [9.17, 15) is 0 Å². The first-order chi connectivity index (χ1) is 19.4. The molecule has 0 radical (unpaired) electrons. The summed E-state index contributed by atoms with van der Waals surface area (Å²) in [4.78, 5) is 5.23. The summed E-state index contributed by atoms with van der Waals surface area (Å²) in [6.45, 7) is 12.6. The Labute approximate surface area is 238 Å². The number of hydrogen-bond acceptors (Lipinski definition) is 2. The van der Waals surface area contributed by atoms with E-state index in [1.807, 2.05) is 0 Å². The Hall–Kier alpha value is -4.04. The van der Waals surface area contributed by atoms with Crippen molar-refractivity contribution in [1.29, 1.82) is 0 Å². The van der Waals surface area contributed by atoms with E-state index in [0.717, 1.165) is 6.54 Å². The molecule has 5 aliphatic rings. The van der Waals surface area contributed by atoms with Gasteiger partial charge in [-0.3, -0.25) is 0 Å². The highest BCUT2D eigenvalue weighted by molar-refractivity contribution is 5.87. The molecular formula is C38H36N2. The Balaban J connectivity index is 1.33. The molecule has 3 aromatic rings. The molecule has 2 nitrogen and oxygen atoms in total. The molecule has 0 spiro atoms. The van der Waals surface area contributed by atoms with Crippen LogP contribution in [-0.4, -0.2) is 21.9 Å². The molecule has 198 valence electrons. The minimum Gasteiger partial charge on any atom is -0.360 e. The molecule has 0 N–H and O–H groups in total. The molecule has 40 heavy (non-hydrogen) atoms. The van der Waals surface area contributed by atoms with Gasteiger partial charge >= 0.3 is 0 Å². The molecule has 0 amide bonds. The van der Waals surface area contributed by atoms with Gasteiger partial charge in [-0.15, -0.1) is 0 Å². The van der Waals surface area contributed by atoms with Crippen molar-refractivity contribution in [3.63, 3.8) is 0 Å². The summed E-state index contributed by atoms with van der Waals surface area (Å²) in [5.41, 5.74) is 16.9. The number of aryl methyl sites for hydroxylation is 2.